The molecule has 2 N–H and O–H groups in total. The molecule has 0 bridgehead atoms. The summed E-state index contributed by atoms with van der Waals surface area (Å²) in [6.07, 6.45) is -0.242. The molecule has 0 fully saturated rings. The van der Waals surface area contributed by atoms with Gasteiger partial charge in [-0.3, -0.25) is 9.59 Å². The summed E-state index contributed by atoms with van der Waals surface area (Å²) < 4.78 is 5.80. The average Bonchev–Trinajstić information content (AvgIpc) is 2.79. The van der Waals surface area contributed by atoms with E-state index in [2.05, 4.69) is 10.6 Å². The smallest absolute Gasteiger partial charge is 0.265 e. The molecule has 0 radical (unpaired) electrons. The van der Waals surface area contributed by atoms with Crippen molar-refractivity contribution in [2.24, 2.45) is 0 Å². The molecular formula is C25H25ClN2O3. The van der Waals surface area contributed by atoms with Crippen molar-refractivity contribution in [3.8, 4) is 5.75 Å². The summed E-state index contributed by atoms with van der Waals surface area (Å²) in [4.78, 5) is 25.7. The lowest BCUT2D eigenvalue weighted by molar-refractivity contribution is -0.122. The molecule has 0 aliphatic carbocycles. The SMILES string of the molecule is CC[C@@H](Oc1ccc(Cl)cc1)C(=O)Nc1ccccc1C(=O)N[C@@H](C)c1ccccc1. The van der Waals surface area contributed by atoms with E-state index in [-0.39, 0.29) is 17.9 Å². The fourth-order valence-corrected chi connectivity index (χ4v) is 3.23. The molecule has 0 aliphatic heterocycles. The third-order valence-corrected chi connectivity index (χ3v) is 5.08. The Morgan fingerprint density at radius 2 is 1.58 bits per heavy atom. The van der Waals surface area contributed by atoms with E-state index in [1.54, 1.807) is 48.5 Å². The van der Waals surface area contributed by atoms with E-state index in [9.17, 15) is 9.59 Å². The Balaban J connectivity index is 1.70. The van der Waals surface area contributed by atoms with Crippen LogP contribution in [-0.2, 0) is 4.79 Å². The van der Waals surface area contributed by atoms with E-state index in [1.807, 2.05) is 44.2 Å². The van der Waals surface area contributed by atoms with Crippen LogP contribution in [0.4, 0.5) is 5.69 Å². The number of nitrogens with one attached hydrogen (secondary N) is 2. The van der Waals surface area contributed by atoms with Crippen molar-refractivity contribution < 1.29 is 14.3 Å². The van der Waals surface area contributed by atoms with Gasteiger partial charge in [0.25, 0.3) is 11.8 Å². The van der Waals surface area contributed by atoms with Gasteiger partial charge in [-0.2, -0.15) is 0 Å². The maximum absolute atomic E-state index is 12.9. The normalized spacial score (nSPS) is 12.5. The zero-order valence-corrected chi connectivity index (χ0v) is 18.2. The van der Waals surface area contributed by atoms with Gasteiger partial charge in [-0.05, 0) is 55.3 Å². The Kier molecular flexibility index (Phi) is 7.68. The quantitative estimate of drug-likeness (QED) is 0.481. The minimum absolute atomic E-state index is 0.172. The molecule has 160 valence electrons. The molecule has 6 heteroatoms. The molecule has 0 saturated carbocycles. The van der Waals surface area contributed by atoms with Gasteiger partial charge < -0.3 is 15.4 Å². The molecule has 0 heterocycles. The molecule has 3 rings (SSSR count). The molecule has 0 aliphatic rings. The van der Waals surface area contributed by atoms with Gasteiger partial charge >= 0.3 is 0 Å². The lowest BCUT2D eigenvalue weighted by Gasteiger charge is -2.19. The maximum Gasteiger partial charge on any atom is 0.265 e. The van der Waals surface area contributed by atoms with Crippen LogP contribution < -0.4 is 15.4 Å². The number of benzene rings is 3. The number of hydrogen-bond acceptors (Lipinski definition) is 3. The van der Waals surface area contributed by atoms with Gasteiger partial charge in [0.05, 0.1) is 17.3 Å². The van der Waals surface area contributed by atoms with Crippen molar-refractivity contribution in [1.82, 2.24) is 5.32 Å². The topological polar surface area (TPSA) is 67.4 Å². The van der Waals surface area contributed by atoms with Crippen LogP contribution in [0.15, 0.2) is 78.9 Å². The van der Waals surface area contributed by atoms with Gasteiger partial charge in [0.1, 0.15) is 5.75 Å². The number of carbonyl (C=O) groups excluding carboxylic acids is 2. The van der Waals surface area contributed by atoms with Crippen molar-refractivity contribution in [3.05, 3.63) is 95.0 Å². The van der Waals surface area contributed by atoms with Crippen molar-refractivity contribution in [1.29, 1.82) is 0 Å². The van der Waals surface area contributed by atoms with Gasteiger partial charge in [0, 0.05) is 5.02 Å². The van der Waals surface area contributed by atoms with E-state index >= 15 is 0 Å². The number of anilines is 1. The second-order valence-corrected chi connectivity index (χ2v) is 7.55. The number of carbonyl (C=O) groups is 2. The predicted octanol–water partition coefficient (Wildman–Crippen LogP) is 5.63. The first kappa shape index (κ1) is 22.4. The number of hydrogen-bond donors (Lipinski definition) is 2. The monoisotopic (exact) mass is 436 g/mol. The van der Waals surface area contributed by atoms with Crippen molar-refractivity contribution in [2.45, 2.75) is 32.4 Å². The summed E-state index contributed by atoms with van der Waals surface area (Å²) in [6, 6.07) is 23.3. The standard InChI is InChI=1S/C25H25ClN2O3/c1-3-23(31-20-15-13-19(26)14-16-20)25(30)28-22-12-8-7-11-21(22)24(29)27-17(2)18-9-5-4-6-10-18/h4-17,23H,3H2,1-2H3,(H,27,29)(H,28,30)/t17-,23+/m0/s1. The summed E-state index contributed by atoms with van der Waals surface area (Å²) in [5.74, 6) is -0.0400. The largest absolute Gasteiger partial charge is 0.481 e. The first-order chi connectivity index (χ1) is 15.0. The lowest BCUT2D eigenvalue weighted by atomic mass is 10.1. The molecule has 2 atom stereocenters. The van der Waals surface area contributed by atoms with Crippen LogP contribution in [-0.4, -0.2) is 17.9 Å². The Labute approximate surface area is 187 Å². The minimum Gasteiger partial charge on any atom is -0.481 e. The molecular weight excluding hydrogens is 412 g/mol. The highest BCUT2D eigenvalue weighted by molar-refractivity contribution is 6.30. The Bertz CT molecular complexity index is 1020. The predicted molar refractivity (Wildman–Crippen MR) is 124 cm³/mol. The van der Waals surface area contributed by atoms with Crippen molar-refractivity contribution >= 4 is 29.1 Å². The average molecular weight is 437 g/mol. The minimum atomic E-state index is -0.708. The van der Waals surface area contributed by atoms with E-state index in [0.29, 0.717) is 28.4 Å². The molecule has 0 unspecified atom stereocenters. The third-order valence-electron chi connectivity index (χ3n) is 4.83. The van der Waals surface area contributed by atoms with Crippen LogP contribution in [0.5, 0.6) is 5.75 Å². The van der Waals surface area contributed by atoms with Gasteiger partial charge in [0.2, 0.25) is 0 Å². The Hall–Kier alpha value is -3.31. The molecule has 3 aromatic carbocycles. The van der Waals surface area contributed by atoms with Gasteiger partial charge in [0.15, 0.2) is 6.10 Å². The Morgan fingerprint density at radius 1 is 0.935 bits per heavy atom. The van der Waals surface area contributed by atoms with Gasteiger partial charge in [-0.25, -0.2) is 0 Å². The Morgan fingerprint density at radius 3 is 2.26 bits per heavy atom. The maximum atomic E-state index is 12.9. The second-order valence-electron chi connectivity index (χ2n) is 7.11. The van der Waals surface area contributed by atoms with Crippen LogP contribution in [0.2, 0.25) is 5.02 Å². The van der Waals surface area contributed by atoms with Crippen molar-refractivity contribution in [2.75, 3.05) is 5.32 Å². The van der Waals surface area contributed by atoms with E-state index in [1.165, 1.54) is 0 Å². The first-order valence-electron chi connectivity index (χ1n) is 10.2. The summed E-state index contributed by atoms with van der Waals surface area (Å²) in [6.45, 7) is 3.78. The van der Waals surface area contributed by atoms with Gasteiger partial charge in [-0.15, -0.1) is 0 Å². The zero-order valence-electron chi connectivity index (χ0n) is 17.5. The summed E-state index contributed by atoms with van der Waals surface area (Å²) in [5, 5.41) is 6.41. The molecule has 0 saturated heterocycles. The fourth-order valence-electron chi connectivity index (χ4n) is 3.10. The van der Waals surface area contributed by atoms with E-state index < -0.39 is 6.10 Å². The molecule has 3 aromatic rings. The van der Waals surface area contributed by atoms with Gasteiger partial charge in [-0.1, -0.05) is 61.0 Å². The number of rotatable bonds is 8. The van der Waals surface area contributed by atoms with E-state index in [0.717, 1.165) is 5.56 Å². The molecule has 2 amide bonds. The molecule has 5 nitrogen and oxygen atoms in total. The molecule has 0 aromatic heterocycles. The van der Waals surface area contributed by atoms with Crippen LogP contribution in [0.3, 0.4) is 0 Å². The summed E-state index contributed by atoms with van der Waals surface area (Å²) in [7, 11) is 0. The highest BCUT2D eigenvalue weighted by Crippen LogP contribution is 2.21. The van der Waals surface area contributed by atoms with Crippen LogP contribution >= 0.6 is 11.6 Å². The fraction of sp³-hybridized carbons (Fsp3) is 0.200. The third kappa shape index (κ3) is 6.09. The first-order valence-corrected chi connectivity index (χ1v) is 10.5. The molecule has 31 heavy (non-hydrogen) atoms. The zero-order chi connectivity index (χ0) is 22.2. The highest BCUT2D eigenvalue weighted by Gasteiger charge is 2.21. The number of amides is 2. The highest BCUT2D eigenvalue weighted by atomic mass is 35.5. The van der Waals surface area contributed by atoms with Crippen LogP contribution in [0.1, 0.15) is 42.2 Å². The van der Waals surface area contributed by atoms with Crippen LogP contribution in [0, 0.1) is 0 Å². The summed E-state index contributed by atoms with van der Waals surface area (Å²) in [5.41, 5.74) is 1.82. The number of halogens is 1. The van der Waals surface area contributed by atoms with E-state index in [4.69, 9.17) is 16.3 Å². The molecule has 0 spiro atoms. The summed E-state index contributed by atoms with van der Waals surface area (Å²) >= 11 is 5.90. The van der Waals surface area contributed by atoms with Crippen LogP contribution in [0.25, 0.3) is 0 Å². The number of para-hydroxylation sites is 1. The lowest BCUT2D eigenvalue weighted by Crippen LogP contribution is -2.34. The number of ether oxygens (including phenoxy) is 1. The second kappa shape index (κ2) is 10.6. The van der Waals surface area contributed by atoms with Crippen molar-refractivity contribution in [3.63, 3.8) is 0 Å².